The van der Waals surface area contributed by atoms with Crippen LogP contribution in [0.2, 0.25) is 0 Å². The number of benzene rings is 2. The minimum atomic E-state index is -0.501. The van der Waals surface area contributed by atoms with Crippen molar-refractivity contribution in [3.8, 4) is 5.75 Å². The third-order valence-electron chi connectivity index (χ3n) is 5.34. The Morgan fingerprint density at radius 2 is 2.08 bits per heavy atom. The van der Waals surface area contributed by atoms with Gasteiger partial charge in [-0.2, -0.15) is 0 Å². The van der Waals surface area contributed by atoms with Crippen LogP contribution < -0.4 is 4.74 Å². The summed E-state index contributed by atoms with van der Waals surface area (Å²) >= 11 is 0. The summed E-state index contributed by atoms with van der Waals surface area (Å²) in [5, 5.41) is 1.23. The van der Waals surface area contributed by atoms with Crippen molar-refractivity contribution in [1.82, 2.24) is 4.98 Å². The maximum absolute atomic E-state index is 13.9. The van der Waals surface area contributed by atoms with E-state index < -0.39 is 5.82 Å². The molecule has 5 heteroatoms. The van der Waals surface area contributed by atoms with Crippen molar-refractivity contribution in [1.29, 1.82) is 0 Å². The number of hydrogen-bond acceptors (Lipinski definition) is 2. The molecule has 0 spiro atoms. The van der Waals surface area contributed by atoms with E-state index in [0.29, 0.717) is 16.6 Å². The van der Waals surface area contributed by atoms with Gasteiger partial charge in [-0.05, 0) is 24.3 Å². The van der Waals surface area contributed by atoms with Gasteiger partial charge in [-0.1, -0.05) is 18.2 Å². The molecule has 0 saturated carbocycles. The lowest BCUT2D eigenvalue weighted by Crippen LogP contribution is -2.50. The summed E-state index contributed by atoms with van der Waals surface area (Å²) in [6.45, 7) is 2.03. The van der Waals surface area contributed by atoms with E-state index in [4.69, 9.17) is 4.74 Å². The largest absolute Gasteiger partial charge is 0.494 e. The van der Waals surface area contributed by atoms with E-state index in [1.165, 1.54) is 35.9 Å². The number of fused-ring (bicyclic) bond motifs is 3. The van der Waals surface area contributed by atoms with Gasteiger partial charge in [0.25, 0.3) is 0 Å². The maximum atomic E-state index is 13.9. The monoisotopic (exact) mass is 353 g/mol. The number of nitrogens with one attached hydrogen (secondary N) is 1. The number of quaternary nitrogens is 1. The number of rotatable bonds is 4. The van der Waals surface area contributed by atoms with Crippen molar-refractivity contribution in [3.05, 3.63) is 65.1 Å². The molecule has 0 fully saturated rings. The number of carbonyl (C=O) groups is 1. The lowest BCUT2D eigenvalue weighted by molar-refractivity contribution is -0.916. The predicted molar refractivity (Wildman–Crippen MR) is 98.9 cm³/mol. The lowest BCUT2D eigenvalue weighted by atomic mass is 10.0. The van der Waals surface area contributed by atoms with E-state index in [1.54, 1.807) is 6.07 Å². The Bertz CT molecular complexity index is 995. The summed E-state index contributed by atoms with van der Waals surface area (Å²) in [5.74, 6) is -0.390. The number of Topliss-reactive ketones (excluding diaryl/α,β-unsaturated/α-hetero) is 1. The van der Waals surface area contributed by atoms with Crippen LogP contribution in [0, 0.1) is 5.82 Å². The Hall–Kier alpha value is -2.66. The average molecular weight is 353 g/mol. The number of aromatic amines is 1. The van der Waals surface area contributed by atoms with Crippen LogP contribution in [0.15, 0.2) is 42.5 Å². The molecule has 1 aliphatic rings. The number of carbonyl (C=O) groups excluding carboxylic acids is 1. The number of likely N-dealkylation sites (N-methyl/N-ethyl adjacent to an activating group) is 1. The van der Waals surface area contributed by atoms with Crippen LogP contribution in [0.1, 0.15) is 21.6 Å². The topological polar surface area (TPSA) is 42.1 Å². The number of aromatic nitrogens is 1. The molecule has 1 aromatic heterocycles. The van der Waals surface area contributed by atoms with E-state index in [-0.39, 0.29) is 11.5 Å². The van der Waals surface area contributed by atoms with Crippen molar-refractivity contribution < 1.29 is 18.4 Å². The first-order valence-corrected chi connectivity index (χ1v) is 8.78. The summed E-state index contributed by atoms with van der Waals surface area (Å²) in [4.78, 5) is 16.3. The number of hydrogen-bond donors (Lipinski definition) is 1. The fourth-order valence-electron chi connectivity index (χ4n) is 3.91. The van der Waals surface area contributed by atoms with Gasteiger partial charge >= 0.3 is 0 Å². The zero-order valence-electron chi connectivity index (χ0n) is 15.0. The molecule has 0 unspecified atom stereocenters. The van der Waals surface area contributed by atoms with Gasteiger partial charge < -0.3 is 14.2 Å². The molecule has 4 rings (SSSR count). The van der Waals surface area contributed by atoms with Gasteiger partial charge in [-0.25, -0.2) is 4.39 Å². The number of H-pyrrole nitrogens is 1. The highest BCUT2D eigenvalue weighted by Gasteiger charge is 2.33. The van der Waals surface area contributed by atoms with Gasteiger partial charge in [-0.15, -0.1) is 0 Å². The molecule has 134 valence electrons. The summed E-state index contributed by atoms with van der Waals surface area (Å²) in [6.07, 6.45) is 0.908. The number of para-hydroxylation sites is 1. The average Bonchev–Trinajstić information content (AvgIpc) is 2.99. The molecular formula is C21H22FN2O2+. The van der Waals surface area contributed by atoms with Crippen LogP contribution in [0.3, 0.4) is 0 Å². The minimum Gasteiger partial charge on any atom is -0.494 e. The van der Waals surface area contributed by atoms with Crippen molar-refractivity contribution in [2.24, 2.45) is 0 Å². The van der Waals surface area contributed by atoms with Gasteiger partial charge in [0.05, 0.1) is 20.7 Å². The van der Waals surface area contributed by atoms with Crippen molar-refractivity contribution in [2.75, 3.05) is 27.2 Å². The van der Waals surface area contributed by atoms with Crippen LogP contribution in [0.5, 0.6) is 5.75 Å². The molecule has 1 atom stereocenters. The molecule has 0 radical (unpaired) electrons. The Balaban J connectivity index is 1.58. The van der Waals surface area contributed by atoms with E-state index >= 15 is 0 Å². The molecule has 1 N–H and O–H groups in total. The third kappa shape index (κ3) is 2.88. The number of ether oxygens (including phenoxy) is 1. The Kier molecular flexibility index (Phi) is 4.04. The minimum absolute atomic E-state index is 0.0441. The highest BCUT2D eigenvalue weighted by molar-refractivity contribution is 5.97. The van der Waals surface area contributed by atoms with E-state index in [9.17, 15) is 9.18 Å². The Morgan fingerprint density at radius 3 is 2.85 bits per heavy atom. The van der Waals surface area contributed by atoms with Crippen LogP contribution in [-0.4, -0.2) is 42.5 Å². The summed E-state index contributed by atoms with van der Waals surface area (Å²) in [5.41, 5.74) is 4.11. The van der Waals surface area contributed by atoms with Crippen LogP contribution in [-0.2, 0) is 13.0 Å². The summed E-state index contributed by atoms with van der Waals surface area (Å²) < 4.78 is 19.5. The molecule has 2 heterocycles. The molecule has 1 aliphatic heterocycles. The number of ketones is 1. The standard InChI is InChI=1S/C21H22FN2O2/c1-24(13-20(25)14-7-8-21(26-2)17(22)11-14)10-9-19-16(12-24)15-5-3-4-6-18(15)23-19/h3-8,11,23H,9-10,12-13H2,1-2H3/q+1/t24-/m0/s1. The third-order valence-corrected chi connectivity index (χ3v) is 5.34. The fourth-order valence-corrected chi connectivity index (χ4v) is 3.91. The highest BCUT2D eigenvalue weighted by Crippen LogP contribution is 2.30. The van der Waals surface area contributed by atoms with Gasteiger partial charge in [-0.3, -0.25) is 4.79 Å². The molecule has 2 aromatic carbocycles. The van der Waals surface area contributed by atoms with Gasteiger partial charge in [0, 0.05) is 34.1 Å². The zero-order valence-corrected chi connectivity index (χ0v) is 15.0. The molecule has 0 aliphatic carbocycles. The molecule has 0 bridgehead atoms. The molecule has 0 saturated heterocycles. The normalized spacial score (nSPS) is 19.3. The summed E-state index contributed by atoms with van der Waals surface area (Å²) in [6, 6.07) is 12.7. The van der Waals surface area contributed by atoms with E-state index in [0.717, 1.165) is 25.0 Å². The molecule has 26 heavy (non-hydrogen) atoms. The molecule has 4 nitrogen and oxygen atoms in total. The van der Waals surface area contributed by atoms with Gasteiger partial charge in [0.15, 0.2) is 11.6 Å². The molecule has 3 aromatic rings. The Labute approximate surface area is 151 Å². The van der Waals surface area contributed by atoms with E-state index in [2.05, 4.69) is 24.2 Å². The Morgan fingerprint density at radius 1 is 1.27 bits per heavy atom. The van der Waals surface area contributed by atoms with Crippen LogP contribution >= 0.6 is 0 Å². The van der Waals surface area contributed by atoms with Crippen molar-refractivity contribution >= 4 is 16.7 Å². The quantitative estimate of drug-likeness (QED) is 0.574. The first-order valence-electron chi connectivity index (χ1n) is 8.78. The van der Waals surface area contributed by atoms with Gasteiger partial charge in [0.1, 0.15) is 13.1 Å². The molecule has 0 amide bonds. The first kappa shape index (κ1) is 16.8. The fraction of sp³-hybridized carbons (Fsp3) is 0.286. The lowest BCUT2D eigenvalue weighted by Gasteiger charge is -2.37. The van der Waals surface area contributed by atoms with Crippen molar-refractivity contribution in [2.45, 2.75) is 13.0 Å². The second kappa shape index (κ2) is 6.25. The first-order chi connectivity index (χ1) is 12.5. The second-order valence-corrected chi connectivity index (χ2v) is 7.31. The SMILES string of the molecule is COc1ccc(C(=O)C[N@@+]2(C)CCc3[nH]c4ccccc4c3C2)cc1F. The van der Waals surface area contributed by atoms with Crippen molar-refractivity contribution in [3.63, 3.8) is 0 Å². The zero-order chi connectivity index (χ0) is 18.3. The smallest absolute Gasteiger partial charge is 0.217 e. The number of methoxy groups -OCH3 is 1. The van der Waals surface area contributed by atoms with Crippen LogP contribution in [0.4, 0.5) is 4.39 Å². The van der Waals surface area contributed by atoms with Gasteiger partial charge in [0.2, 0.25) is 5.78 Å². The number of halogens is 1. The van der Waals surface area contributed by atoms with E-state index in [1.807, 2.05) is 12.1 Å². The second-order valence-electron chi connectivity index (χ2n) is 7.31. The molecular weight excluding hydrogens is 331 g/mol. The maximum Gasteiger partial charge on any atom is 0.217 e. The van der Waals surface area contributed by atoms with Crippen LogP contribution in [0.25, 0.3) is 10.9 Å². The number of nitrogens with zero attached hydrogens (tertiary/aromatic N) is 1. The predicted octanol–water partition coefficient (Wildman–Crippen LogP) is 3.70. The highest BCUT2D eigenvalue weighted by atomic mass is 19.1. The summed E-state index contributed by atoms with van der Waals surface area (Å²) in [7, 11) is 3.52.